The molecule has 198 valence electrons. The third-order valence-corrected chi connectivity index (χ3v) is 6.11. The van der Waals surface area contributed by atoms with E-state index in [9.17, 15) is 13.2 Å². The van der Waals surface area contributed by atoms with Crippen molar-refractivity contribution < 1.29 is 17.9 Å². The lowest BCUT2D eigenvalue weighted by atomic mass is 10.1. The topological polar surface area (TPSA) is 70.7 Å². The summed E-state index contributed by atoms with van der Waals surface area (Å²) in [6.07, 6.45) is -1.54. The number of pyridine rings is 2. The first-order chi connectivity index (χ1) is 19.3. The average molecular weight is 539 g/mol. The van der Waals surface area contributed by atoms with Crippen LogP contribution in [0.3, 0.4) is 0 Å². The lowest BCUT2D eigenvalue weighted by molar-refractivity contribution is -0.141. The number of benzene rings is 2. The molecule has 40 heavy (non-hydrogen) atoms. The predicted molar refractivity (Wildman–Crippen MR) is 143 cm³/mol. The highest BCUT2D eigenvalue weighted by atomic mass is 19.4. The second-order valence-electron chi connectivity index (χ2n) is 8.92. The molecule has 0 aliphatic carbocycles. The number of hydrogen-bond donors (Lipinski definition) is 0. The zero-order chi connectivity index (χ0) is 27.7. The monoisotopic (exact) mass is 538 g/mol. The second-order valence-corrected chi connectivity index (χ2v) is 8.92. The van der Waals surface area contributed by atoms with Gasteiger partial charge in [-0.15, -0.1) is 0 Å². The molecule has 2 aromatic carbocycles. The minimum absolute atomic E-state index is 0.140. The van der Waals surface area contributed by atoms with Gasteiger partial charge in [0.25, 0.3) is 0 Å². The first-order valence-electron chi connectivity index (χ1n) is 12.3. The molecule has 0 aliphatic heterocycles. The first-order valence-corrected chi connectivity index (χ1v) is 12.3. The molecule has 6 aromatic rings. The fourth-order valence-corrected chi connectivity index (χ4v) is 4.24. The van der Waals surface area contributed by atoms with Crippen molar-refractivity contribution in [3.8, 4) is 45.6 Å². The quantitative estimate of drug-likeness (QED) is 0.223. The molecule has 0 spiro atoms. The van der Waals surface area contributed by atoms with E-state index in [1.165, 1.54) is 6.20 Å². The third kappa shape index (κ3) is 5.06. The summed E-state index contributed by atoms with van der Waals surface area (Å²) in [5, 5.41) is 8.25. The molecule has 7 nitrogen and oxygen atoms in total. The number of halogens is 3. The molecule has 0 fully saturated rings. The number of hydrogen-bond acceptors (Lipinski definition) is 5. The second kappa shape index (κ2) is 10.1. The summed E-state index contributed by atoms with van der Waals surface area (Å²) < 4.78 is 48.7. The molecule has 10 heteroatoms. The standard InChI is InChI=1S/C30H21F3N6O/c1-20-16-18-38(36-20)28-23(21-8-4-2-5-9-21)12-14-26(34-28)40-27-15-13-24(22-10-6-3-7-11-22)29(35-27)39-19-17-25(37-39)30(31,32)33/h2-19H,1H3. The maximum Gasteiger partial charge on any atom is 0.435 e. The molecule has 0 aliphatic rings. The Morgan fingerprint density at radius 1 is 0.600 bits per heavy atom. The molecule has 0 N–H and O–H groups in total. The van der Waals surface area contributed by atoms with Gasteiger partial charge in [-0.2, -0.15) is 33.3 Å². The minimum Gasteiger partial charge on any atom is -0.421 e. The Kier molecular flexibility index (Phi) is 6.35. The molecule has 0 atom stereocenters. The Labute approximate surface area is 227 Å². The molecule has 0 bridgehead atoms. The minimum atomic E-state index is -4.59. The van der Waals surface area contributed by atoms with E-state index in [2.05, 4.69) is 15.2 Å². The van der Waals surface area contributed by atoms with Crippen LogP contribution >= 0.6 is 0 Å². The van der Waals surface area contributed by atoms with Crippen LogP contribution in [0.1, 0.15) is 11.4 Å². The molecule has 6 rings (SSSR count). The molecule has 0 unspecified atom stereocenters. The Morgan fingerprint density at radius 2 is 1.10 bits per heavy atom. The van der Waals surface area contributed by atoms with Crippen LogP contribution in [-0.2, 0) is 6.18 Å². The molecule has 4 heterocycles. The highest BCUT2D eigenvalue weighted by molar-refractivity contribution is 5.72. The predicted octanol–water partition coefficient (Wildman–Crippen LogP) is 7.30. The Bertz CT molecular complexity index is 1780. The van der Waals surface area contributed by atoms with Gasteiger partial charge in [0.05, 0.1) is 5.69 Å². The van der Waals surface area contributed by atoms with Gasteiger partial charge in [0.15, 0.2) is 17.3 Å². The van der Waals surface area contributed by atoms with Crippen LogP contribution in [-0.4, -0.2) is 29.5 Å². The molecular weight excluding hydrogens is 517 g/mol. The lowest BCUT2D eigenvalue weighted by Crippen LogP contribution is -2.09. The van der Waals surface area contributed by atoms with Gasteiger partial charge in [0.1, 0.15) is 0 Å². The smallest absolute Gasteiger partial charge is 0.421 e. The van der Waals surface area contributed by atoms with Crippen LogP contribution in [0.2, 0.25) is 0 Å². The van der Waals surface area contributed by atoms with E-state index in [-0.39, 0.29) is 17.6 Å². The summed E-state index contributed by atoms with van der Waals surface area (Å²) in [6, 6.07) is 28.8. The van der Waals surface area contributed by atoms with E-state index < -0.39 is 11.9 Å². The van der Waals surface area contributed by atoms with Crippen LogP contribution in [0.15, 0.2) is 109 Å². The number of rotatable bonds is 6. The largest absolute Gasteiger partial charge is 0.435 e. The lowest BCUT2D eigenvalue weighted by Gasteiger charge is -2.14. The van der Waals surface area contributed by atoms with Crippen molar-refractivity contribution in [2.75, 3.05) is 0 Å². The molecule has 0 amide bonds. The van der Waals surface area contributed by atoms with Crippen LogP contribution in [0.25, 0.3) is 33.9 Å². The van der Waals surface area contributed by atoms with Crippen LogP contribution in [0.4, 0.5) is 13.2 Å². The summed E-state index contributed by atoms with van der Waals surface area (Å²) in [5.41, 5.74) is 2.97. The van der Waals surface area contributed by atoms with Crippen molar-refractivity contribution in [3.63, 3.8) is 0 Å². The van der Waals surface area contributed by atoms with Crippen molar-refractivity contribution in [2.24, 2.45) is 0 Å². The molecule has 0 saturated carbocycles. The van der Waals surface area contributed by atoms with E-state index in [0.717, 1.165) is 33.1 Å². The molecular formula is C30H21F3N6O. The van der Waals surface area contributed by atoms with Crippen LogP contribution < -0.4 is 4.74 Å². The van der Waals surface area contributed by atoms with Crippen LogP contribution in [0.5, 0.6) is 11.8 Å². The van der Waals surface area contributed by atoms with E-state index in [1.807, 2.05) is 85.9 Å². The number of aryl methyl sites for hydroxylation is 1. The maximum atomic E-state index is 13.3. The summed E-state index contributed by atoms with van der Waals surface area (Å²) in [5.74, 6) is 1.12. The summed E-state index contributed by atoms with van der Waals surface area (Å²) in [7, 11) is 0. The average Bonchev–Trinajstić information content (AvgIpc) is 3.64. The van der Waals surface area contributed by atoms with Crippen molar-refractivity contribution >= 4 is 0 Å². The van der Waals surface area contributed by atoms with Crippen molar-refractivity contribution in [2.45, 2.75) is 13.1 Å². The fourth-order valence-electron chi connectivity index (χ4n) is 4.24. The molecule has 4 aromatic heterocycles. The summed E-state index contributed by atoms with van der Waals surface area (Å²) in [6.45, 7) is 1.89. The van der Waals surface area contributed by atoms with Gasteiger partial charge in [0, 0.05) is 35.7 Å². The highest BCUT2D eigenvalue weighted by Crippen LogP contribution is 2.33. The van der Waals surface area contributed by atoms with Crippen molar-refractivity contribution in [1.29, 1.82) is 0 Å². The third-order valence-electron chi connectivity index (χ3n) is 6.11. The number of alkyl halides is 3. The van der Waals surface area contributed by atoms with Gasteiger partial charge in [-0.25, -0.2) is 9.36 Å². The van der Waals surface area contributed by atoms with Crippen molar-refractivity contribution in [1.82, 2.24) is 29.5 Å². The van der Waals surface area contributed by atoms with Gasteiger partial charge in [-0.3, -0.25) is 0 Å². The summed E-state index contributed by atoms with van der Waals surface area (Å²) >= 11 is 0. The normalized spacial score (nSPS) is 11.5. The van der Waals surface area contributed by atoms with Gasteiger partial charge in [-0.1, -0.05) is 60.7 Å². The SMILES string of the molecule is Cc1ccn(-c2nc(Oc3ccc(-c4ccccc4)c(-n4ccc(C(F)(F)F)n4)n3)ccc2-c2ccccc2)n1. The Hall–Kier alpha value is -5.25. The van der Waals surface area contributed by atoms with Gasteiger partial charge >= 0.3 is 6.18 Å². The summed E-state index contributed by atoms with van der Waals surface area (Å²) in [4.78, 5) is 9.26. The Morgan fingerprint density at radius 3 is 1.55 bits per heavy atom. The number of aromatic nitrogens is 6. The van der Waals surface area contributed by atoms with Crippen LogP contribution in [0, 0.1) is 6.92 Å². The van der Waals surface area contributed by atoms with E-state index in [4.69, 9.17) is 9.72 Å². The molecule has 0 radical (unpaired) electrons. The first kappa shape index (κ1) is 25.1. The highest BCUT2D eigenvalue weighted by Gasteiger charge is 2.34. The van der Waals surface area contributed by atoms with E-state index in [0.29, 0.717) is 11.4 Å². The zero-order valence-electron chi connectivity index (χ0n) is 21.1. The molecule has 0 saturated heterocycles. The number of nitrogens with zero attached hydrogens (tertiary/aromatic N) is 6. The van der Waals surface area contributed by atoms with Crippen molar-refractivity contribution in [3.05, 3.63) is 121 Å². The van der Waals surface area contributed by atoms with Gasteiger partial charge in [-0.05, 0) is 42.3 Å². The van der Waals surface area contributed by atoms with E-state index in [1.54, 1.807) is 22.9 Å². The maximum absolute atomic E-state index is 13.3. The number of ether oxygens (including phenoxy) is 1. The zero-order valence-corrected chi connectivity index (χ0v) is 21.1. The van der Waals surface area contributed by atoms with Gasteiger partial charge < -0.3 is 4.74 Å². The van der Waals surface area contributed by atoms with E-state index >= 15 is 0 Å². The Balaban J connectivity index is 1.42. The van der Waals surface area contributed by atoms with Gasteiger partial charge in [0.2, 0.25) is 11.8 Å². The fraction of sp³-hybridized carbons (Fsp3) is 0.0667.